The normalized spacial score (nSPS) is 14.2. The number of carboxylic acid groups (broad SMARTS) is 1. The summed E-state index contributed by atoms with van der Waals surface area (Å²) in [5.74, 6) is -1.64. The molecule has 3 rings (SSSR count). The van der Waals surface area contributed by atoms with Crippen LogP contribution in [0.1, 0.15) is 57.1 Å². The third kappa shape index (κ3) is 5.92. The predicted octanol–water partition coefficient (Wildman–Crippen LogP) is 4.31. The summed E-state index contributed by atoms with van der Waals surface area (Å²) < 4.78 is 5.56. The minimum Gasteiger partial charge on any atom is -0.481 e. The van der Waals surface area contributed by atoms with Crippen LogP contribution in [0.2, 0.25) is 0 Å². The van der Waals surface area contributed by atoms with Crippen molar-refractivity contribution >= 4 is 18.0 Å². The van der Waals surface area contributed by atoms with E-state index in [9.17, 15) is 14.4 Å². The molecule has 2 aromatic carbocycles. The summed E-state index contributed by atoms with van der Waals surface area (Å²) in [6, 6.07) is 14.8. The van der Waals surface area contributed by atoms with Gasteiger partial charge in [-0.25, -0.2) is 4.79 Å². The Labute approximate surface area is 194 Å². The number of fused-ring (bicyclic) bond motifs is 3. The summed E-state index contributed by atoms with van der Waals surface area (Å²) in [5, 5.41) is 14.5. The van der Waals surface area contributed by atoms with Crippen molar-refractivity contribution in [2.24, 2.45) is 5.92 Å². The Morgan fingerprint density at radius 3 is 2.06 bits per heavy atom. The van der Waals surface area contributed by atoms with Gasteiger partial charge in [0.1, 0.15) is 12.6 Å². The zero-order valence-electron chi connectivity index (χ0n) is 19.3. The number of rotatable bonds is 10. The first kappa shape index (κ1) is 24.3. The molecule has 0 saturated carbocycles. The molecule has 0 fully saturated rings. The van der Waals surface area contributed by atoms with Gasteiger partial charge in [0.15, 0.2) is 0 Å². The number of nitrogens with one attached hydrogen (secondary N) is 2. The van der Waals surface area contributed by atoms with Crippen molar-refractivity contribution in [2.75, 3.05) is 6.61 Å². The van der Waals surface area contributed by atoms with E-state index >= 15 is 0 Å². The number of hydrogen-bond donors (Lipinski definition) is 3. The highest BCUT2D eigenvalue weighted by atomic mass is 16.5. The first-order valence-corrected chi connectivity index (χ1v) is 11.5. The van der Waals surface area contributed by atoms with Crippen molar-refractivity contribution in [2.45, 2.75) is 58.0 Å². The summed E-state index contributed by atoms with van der Waals surface area (Å²) in [6.45, 7) is 5.72. The Bertz CT molecular complexity index is 958. The van der Waals surface area contributed by atoms with E-state index in [1.54, 1.807) is 0 Å². The number of carboxylic acids is 1. The quantitative estimate of drug-likeness (QED) is 0.498. The summed E-state index contributed by atoms with van der Waals surface area (Å²) in [6.07, 6.45) is 0.462. The standard InChI is InChI=1S/C26H32N2O5/c1-4-9-17(14-23(29)30)27-25(31)24(16(2)3)28-26(32)33-15-22-20-12-7-5-10-18(20)19-11-6-8-13-21(19)22/h5-8,10-13,16-17,22,24H,4,9,14-15H2,1-3H3,(H,27,31)(H,28,32)(H,29,30)/t17-,24+/m1/s1. The van der Waals surface area contributed by atoms with E-state index in [1.165, 1.54) is 0 Å². The van der Waals surface area contributed by atoms with E-state index in [0.29, 0.717) is 6.42 Å². The number of hydrogen-bond acceptors (Lipinski definition) is 4. The van der Waals surface area contributed by atoms with Crippen LogP contribution in [0.3, 0.4) is 0 Å². The lowest BCUT2D eigenvalue weighted by Gasteiger charge is -2.25. The molecule has 0 unspecified atom stereocenters. The Morgan fingerprint density at radius 2 is 1.55 bits per heavy atom. The smallest absolute Gasteiger partial charge is 0.407 e. The van der Waals surface area contributed by atoms with Crippen LogP contribution in [0.25, 0.3) is 11.1 Å². The molecule has 7 heteroatoms. The summed E-state index contributed by atoms with van der Waals surface area (Å²) in [7, 11) is 0. The van der Waals surface area contributed by atoms with E-state index in [4.69, 9.17) is 9.84 Å². The lowest BCUT2D eigenvalue weighted by molar-refractivity contribution is -0.137. The van der Waals surface area contributed by atoms with Gasteiger partial charge in [0.25, 0.3) is 0 Å². The van der Waals surface area contributed by atoms with Gasteiger partial charge in [-0.1, -0.05) is 75.7 Å². The molecule has 2 aromatic rings. The number of benzene rings is 2. The number of alkyl carbamates (subject to hydrolysis) is 1. The molecule has 176 valence electrons. The van der Waals surface area contributed by atoms with Crippen LogP contribution < -0.4 is 10.6 Å². The number of aliphatic carboxylic acids is 1. The van der Waals surface area contributed by atoms with Gasteiger partial charge >= 0.3 is 12.1 Å². The van der Waals surface area contributed by atoms with Crippen LogP contribution >= 0.6 is 0 Å². The molecule has 2 amide bonds. The molecule has 1 aliphatic rings. The fourth-order valence-corrected chi connectivity index (χ4v) is 4.38. The van der Waals surface area contributed by atoms with Gasteiger partial charge in [-0.15, -0.1) is 0 Å². The van der Waals surface area contributed by atoms with E-state index in [1.807, 2.05) is 57.2 Å². The van der Waals surface area contributed by atoms with E-state index < -0.39 is 30.1 Å². The molecule has 7 nitrogen and oxygen atoms in total. The molecule has 0 radical (unpaired) electrons. The van der Waals surface area contributed by atoms with Crippen molar-refractivity contribution < 1.29 is 24.2 Å². The molecule has 0 aliphatic heterocycles. The van der Waals surface area contributed by atoms with Crippen LogP contribution in [-0.2, 0) is 14.3 Å². The average Bonchev–Trinajstić information content (AvgIpc) is 3.09. The van der Waals surface area contributed by atoms with Crippen molar-refractivity contribution in [1.82, 2.24) is 10.6 Å². The van der Waals surface area contributed by atoms with Crippen LogP contribution in [0.4, 0.5) is 4.79 Å². The SMILES string of the molecule is CCC[C@H](CC(=O)O)NC(=O)[C@@H](NC(=O)OCC1c2ccccc2-c2ccccc21)C(C)C. The first-order chi connectivity index (χ1) is 15.8. The highest BCUT2D eigenvalue weighted by Crippen LogP contribution is 2.44. The van der Waals surface area contributed by atoms with Gasteiger partial charge in [0.05, 0.1) is 6.42 Å². The Kier molecular flexibility index (Phi) is 8.09. The average molecular weight is 453 g/mol. The van der Waals surface area contributed by atoms with Crippen LogP contribution in [-0.4, -0.2) is 41.8 Å². The van der Waals surface area contributed by atoms with Gasteiger partial charge in [-0.2, -0.15) is 0 Å². The largest absolute Gasteiger partial charge is 0.481 e. The molecule has 0 aromatic heterocycles. The molecular weight excluding hydrogens is 420 g/mol. The highest BCUT2D eigenvalue weighted by molar-refractivity contribution is 5.86. The molecule has 2 atom stereocenters. The highest BCUT2D eigenvalue weighted by Gasteiger charge is 2.31. The number of carbonyl (C=O) groups excluding carboxylic acids is 2. The number of ether oxygens (including phenoxy) is 1. The minimum absolute atomic E-state index is 0.0704. The van der Waals surface area contributed by atoms with Crippen molar-refractivity contribution in [3.63, 3.8) is 0 Å². The molecule has 33 heavy (non-hydrogen) atoms. The fourth-order valence-electron chi connectivity index (χ4n) is 4.38. The van der Waals surface area contributed by atoms with Gasteiger partial charge in [-0.05, 0) is 34.6 Å². The molecular formula is C26H32N2O5. The Hall–Kier alpha value is -3.35. The van der Waals surface area contributed by atoms with Gasteiger partial charge in [0.2, 0.25) is 5.91 Å². The molecule has 0 heterocycles. The molecule has 0 spiro atoms. The molecule has 3 N–H and O–H groups in total. The summed E-state index contributed by atoms with van der Waals surface area (Å²) in [4.78, 5) is 36.5. The maximum atomic E-state index is 12.8. The predicted molar refractivity (Wildman–Crippen MR) is 126 cm³/mol. The lowest BCUT2D eigenvalue weighted by Crippen LogP contribution is -2.52. The maximum Gasteiger partial charge on any atom is 0.407 e. The first-order valence-electron chi connectivity index (χ1n) is 11.5. The van der Waals surface area contributed by atoms with Crippen LogP contribution in [0.5, 0.6) is 0 Å². The second-order valence-electron chi connectivity index (χ2n) is 8.78. The minimum atomic E-state index is -0.973. The van der Waals surface area contributed by atoms with Crippen molar-refractivity contribution in [3.05, 3.63) is 59.7 Å². The zero-order valence-corrected chi connectivity index (χ0v) is 19.3. The summed E-state index contributed by atoms with van der Waals surface area (Å²) in [5.41, 5.74) is 4.50. The van der Waals surface area contributed by atoms with Gasteiger partial charge < -0.3 is 20.5 Å². The zero-order chi connectivity index (χ0) is 24.0. The summed E-state index contributed by atoms with van der Waals surface area (Å²) >= 11 is 0. The fraction of sp³-hybridized carbons (Fsp3) is 0.423. The topological polar surface area (TPSA) is 105 Å². The third-order valence-corrected chi connectivity index (χ3v) is 5.97. The number of carbonyl (C=O) groups is 3. The van der Waals surface area contributed by atoms with Crippen LogP contribution in [0, 0.1) is 5.92 Å². The molecule has 1 aliphatic carbocycles. The Morgan fingerprint density at radius 1 is 0.970 bits per heavy atom. The second kappa shape index (κ2) is 11.0. The molecule has 0 saturated heterocycles. The van der Waals surface area contributed by atoms with Gasteiger partial charge in [-0.3, -0.25) is 9.59 Å². The Balaban J connectivity index is 1.64. The van der Waals surface area contributed by atoms with Crippen LogP contribution in [0.15, 0.2) is 48.5 Å². The maximum absolute atomic E-state index is 12.8. The van der Waals surface area contributed by atoms with Gasteiger partial charge in [0, 0.05) is 12.0 Å². The molecule has 0 bridgehead atoms. The van der Waals surface area contributed by atoms with Crippen molar-refractivity contribution in [3.8, 4) is 11.1 Å². The van der Waals surface area contributed by atoms with Crippen molar-refractivity contribution in [1.29, 1.82) is 0 Å². The van der Waals surface area contributed by atoms with E-state index in [-0.39, 0.29) is 24.9 Å². The third-order valence-electron chi connectivity index (χ3n) is 5.97. The number of amides is 2. The van der Waals surface area contributed by atoms with E-state index in [2.05, 4.69) is 22.8 Å². The lowest BCUT2D eigenvalue weighted by atomic mass is 9.98. The monoisotopic (exact) mass is 452 g/mol. The van der Waals surface area contributed by atoms with E-state index in [0.717, 1.165) is 28.7 Å². The second-order valence-corrected chi connectivity index (χ2v) is 8.78.